The quantitative estimate of drug-likeness (QED) is 0.221. The van der Waals surface area contributed by atoms with Gasteiger partial charge in [-0.3, -0.25) is 0 Å². The van der Waals surface area contributed by atoms with E-state index in [4.69, 9.17) is 38.5 Å². The molecule has 2 aromatic heterocycles. The second-order valence-electron chi connectivity index (χ2n) is 9.93. The first-order chi connectivity index (χ1) is 18.5. The first-order valence-electron chi connectivity index (χ1n) is 13.0. The van der Waals surface area contributed by atoms with E-state index in [0.29, 0.717) is 41.9 Å². The molecule has 5 rings (SSSR count). The lowest BCUT2D eigenvalue weighted by Crippen LogP contribution is -2.45. The predicted octanol–water partition coefficient (Wildman–Crippen LogP) is 5.34. The summed E-state index contributed by atoms with van der Waals surface area (Å²) in [7, 11) is 0. The molecule has 0 amide bonds. The van der Waals surface area contributed by atoms with Gasteiger partial charge in [-0.1, -0.05) is 30.7 Å². The van der Waals surface area contributed by atoms with Gasteiger partial charge in [0.05, 0.1) is 0 Å². The van der Waals surface area contributed by atoms with Crippen molar-refractivity contribution in [3.63, 3.8) is 0 Å². The second kappa shape index (κ2) is 12.5. The first-order valence-corrected chi connectivity index (χ1v) is 14.6. The lowest BCUT2D eigenvalue weighted by atomic mass is 9.74. The summed E-state index contributed by atoms with van der Waals surface area (Å²) in [5, 5.41) is 9.29. The third kappa shape index (κ3) is 6.91. The van der Waals surface area contributed by atoms with Gasteiger partial charge in [-0.15, -0.1) is 0 Å². The average Bonchev–Trinajstić information content (AvgIpc) is 2.93. The van der Waals surface area contributed by atoms with Crippen LogP contribution in [0.2, 0.25) is 5.02 Å². The van der Waals surface area contributed by atoms with Crippen molar-refractivity contribution in [2.75, 3.05) is 43.1 Å². The van der Waals surface area contributed by atoms with E-state index in [1.165, 1.54) is 23.7 Å². The molecule has 11 heteroatoms. The highest BCUT2D eigenvalue weighted by molar-refractivity contribution is 7.99. The van der Waals surface area contributed by atoms with Crippen molar-refractivity contribution in [2.24, 2.45) is 5.92 Å². The number of thiocarbonyl (C=S) groups is 1. The van der Waals surface area contributed by atoms with Gasteiger partial charge in [0.25, 0.3) is 0 Å². The Morgan fingerprint density at radius 1 is 1.18 bits per heavy atom. The SMILES string of the molecule is C[C@@H]1CCCN(c2cc(Sc3ncccn3)nc(NC(=S)NCC3(c4cccc(Cl)c4)CCOCC3)n2)C1. The number of hydrogen-bond donors (Lipinski definition) is 2. The summed E-state index contributed by atoms with van der Waals surface area (Å²) in [5.41, 5.74) is 1.08. The molecule has 0 saturated carbocycles. The lowest BCUT2D eigenvalue weighted by Gasteiger charge is -2.38. The van der Waals surface area contributed by atoms with Crippen LogP contribution in [-0.2, 0) is 10.2 Å². The minimum absolute atomic E-state index is 0.118. The molecular formula is C27H32ClN7OS2. The van der Waals surface area contributed by atoms with E-state index >= 15 is 0 Å². The molecule has 2 aliphatic rings. The third-order valence-corrected chi connectivity index (χ3v) is 8.40. The highest BCUT2D eigenvalue weighted by Gasteiger charge is 2.35. The van der Waals surface area contributed by atoms with Crippen molar-refractivity contribution in [2.45, 2.75) is 48.2 Å². The van der Waals surface area contributed by atoms with Gasteiger partial charge in [0.1, 0.15) is 10.8 Å². The molecule has 3 aromatic rings. The zero-order valence-corrected chi connectivity index (χ0v) is 23.8. The third-order valence-electron chi connectivity index (χ3n) is 7.11. The Kier molecular flexibility index (Phi) is 8.93. The highest BCUT2D eigenvalue weighted by Crippen LogP contribution is 2.35. The normalized spacial score (nSPS) is 19.1. The van der Waals surface area contributed by atoms with Crippen LogP contribution < -0.4 is 15.5 Å². The van der Waals surface area contributed by atoms with E-state index < -0.39 is 0 Å². The number of benzene rings is 1. The Labute approximate surface area is 238 Å². The van der Waals surface area contributed by atoms with Crippen LogP contribution in [0.15, 0.2) is 59.0 Å². The van der Waals surface area contributed by atoms with E-state index in [1.54, 1.807) is 18.5 Å². The summed E-state index contributed by atoms with van der Waals surface area (Å²) in [6.07, 6.45) is 7.62. The smallest absolute Gasteiger partial charge is 0.232 e. The van der Waals surface area contributed by atoms with Gasteiger partial charge in [-0.2, -0.15) is 4.98 Å². The minimum Gasteiger partial charge on any atom is -0.381 e. The molecule has 1 atom stereocenters. The maximum absolute atomic E-state index is 6.34. The van der Waals surface area contributed by atoms with E-state index in [1.807, 2.05) is 24.3 Å². The lowest BCUT2D eigenvalue weighted by molar-refractivity contribution is 0.0515. The summed E-state index contributed by atoms with van der Waals surface area (Å²) in [6.45, 7) is 6.29. The molecule has 200 valence electrons. The van der Waals surface area contributed by atoms with Gasteiger partial charge in [0.2, 0.25) is 5.95 Å². The topological polar surface area (TPSA) is 88.1 Å². The molecule has 0 aliphatic carbocycles. The number of rotatable bonds is 7. The Hall–Kier alpha value is -2.53. The van der Waals surface area contributed by atoms with E-state index in [9.17, 15) is 0 Å². The molecule has 0 unspecified atom stereocenters. The molecule has 2 saturated heterocycles. The van der Waals surface area contributed by atoms with Crippen molar-refractivity contribution >= 4 is 52.5 Å². The highest BCUT2D eigenvalue weighted by atomic mass is 35.5. The Balaban J connectivity index is 1.33. The Bertz CT molecular complexity index is 1240. The second-order valence-corrected chi connectivity index (χ2v) is 11.8. The summed E-state index contributed by atoms with van der Waals surface area (Å²) in [5.74, 6) is 1.96. The minimum atomic E-state index is -0.118. The van der Waals surface area contributed by atoms with Crippen LogP contribution in [0.5, 0.6) is 0 Å². The molecule has 4 heterocycles. The number of aromatic nitrogens is 4. The molecular weight excluding hydrogens is 538 g/mol. The summed E-state index contributed by atoms with van der Waals surface area (Å²) in [4.78, 5) is 20.6. The van der Waals surface area contributed by atoms with Crippen molar-refractivity contribution in [3.8, 4) is 0 Å². The fourth-order valence-electron chi connectivity index (χ4n) is 5.06. The molecule has 0 radical (unpaired) electrons. The molecule has 2 aliphatic heterocycles. The number of nitrogens with zero attached hydrogens (tertiary/aromatic N) is 5. The fourth-order valence-corrected chi connectivity index (χ4v) is 6.12. The maximum atomic E-state index is 6.34. The van der Waals surface area contributed by atoms with Crippen LogP contribution in [0.1, 0.15) is 38.2 Å². The summed E-state index contributed by atoms with van der Waals surface area (Å²) >= 11 is 13.5. The molecule has 2 N–H and O–H groups in total. The number of anilines is 2. The van der Waals surface area contributed by atoms with E-state index in [-0.39, 0.29) is 5.41 Å². The predicted molar refractivity (Wildman–Crippen MR) is 156 cm³/mol. The van der Waals surface area contributed by atoms with Crippen LogP contribution in [0.3, 0.4) is 0 Å². The maximum Gasteiger partial charge on any atom is 0.232 e. The van der Waals surface area contributed by atoms with Crippen LogP contribution >= 0.6 is 35.6 Å². The molecule has 8 nitrogen and oxygen atoms in total. The van der Waals surface area contributed by atoms with Crippen molar-refractivity contribution in [3.05, 3.63) is 59.4 Å². The van der Waals surface area contributed by atoms with E-state index in [2.05, 4.69) is 38.5 Å². The van der Waals surface area contributed by atoms with Crippen LogP contribution in [0.25, 0.3) is 0 Å². The average molecular weight is 570 g/mol. The molecule has 2 fully saturated rings. The monoisotopic (exact) mass is 569 g/mol. The molecule has 38 heavy (non-hydrogen) atoms. The van der Waals surface area contributed by atoms with Gasteiger partial charge in [-0.25, -0.2) is 15.0 Å². The Morgan fingerprint density at radius 3 is 2.76 bits per heavy atom. The van der Waals surface area contributed by atoms with E-state index in [0.717, 1.165) is 48.2 Å². The molecule has 0 spiro atoms. The number of nitrogens with one attached hydrogen (secondary N) is 2. The van der Waals surface area contributed by atoms with Crippen LogP contribution in [0, 0.1) is 5.92 Å². The Morgan fingerprint density at radius 2 is 2.00 bits per heavy atom. The summed E-state index contributed by atoms with van der Waals surface area (Å²) < 4.78 is 5.67. The van der Waals surface area contributed by atoms with Gasteiger partial charge >= 0.3 is 0 Å². The number of piperidine rings is 1. The fraction of sp³-hybridized carbons (Fsp3) is 0.444. The zero-order chi connectivity index (χ0) is 26.4. The van der Waals surface area contributed by atoms with Gasteiger partial charge < -0.3 is 20.3 Å². The van der Waals surface area contributed by atoms with Crippen molar-refractivity contribution in [1.82, 2.24) is 25.3 Å². The zero-order valence-electron chi connectivity index (χ0n) is 21.4. The largest absolute Gasteiger partial charge is 0.381 e. The summed E-state index contributed by atoms with van der Waals surface area (Å²) in [6, 6.07) is 11.9. The number of halogens is 1. The van der Waals surface area contributed by atoms with Gasteiger partial charge in [-0.05, 0) is 79.3 Å². The van der Waals surface area contributed by atoms with Crippen molar-refractivity contribution < 1.29 is 4.74 Å². The standard InChI is InChI=1S/C27H32ClN7OS2/c1-19-5-3-12-35(17-19)22-16-23(38-26-29-10-4-11-30-26)33-24(32-22)34-25(37)31-18-27(8-13-36-14-9-27)20-6-2-7-21(28)15-20/h2,4,6-7,10-11,15-16,19H,3,5,8-9,12-14,17-18H2,1H3,(H2,31,32,33,34,37)/t19-/m1/s1. The number of hydrogen-bond acceptors (Lipinski definition) is 8. The number of ether oxygens (including phenoxy) is 1. The molecule has 1 aromatic carbocycles. The molecule has 0 bridgehead atoms. The van der Waals surface area contributed by atoms with Gasteiger partial charge in [0, 0.05) is 61.7 Å². The first kappa shape index (κ1) is 27.1. The van der Waals surface area contributed by atoms with Crippen LogP contribution in [-0.4, -0.2) is 57.9 Å². The van der Waals surface area contributed by atoms with Crippen LogP contribution in [0.4, 0.5) is 11.8 Å². The van der Waals surface area contributed by atoms with Gasteiger partial charge in [0.15, 0.2) is 10.3 Å². The van der Waals surface area contributed by atoms with Crippen molar-refractivity contribution in [1.29, 1.82) is 0 Å².